The summed E-state index contributed by atoms with van der Waals surface area (Å²) in [6.07, 6.45) is 26.2. The fourth-order valence-electron chi connectivity index (χ4n) is 7.20. The largest absolute Gasteiger partial charge is 0.247 e. The van der Waals surface area contributed by atoms with Crippen LogP contribution in [0, 0.1) is 29.1 Å². The average molecular weight is 363 g/mol. The van der Waals surface area contributed by atoms with E-state index in [1.54, 1.807) is 12.8 Å². The molecule has 4 aliphatic carbocycles. The number of alkyl halides is 1. The zero-order valence-corrected chi connectivity index (χ0v) is 17.2. The van der Waals surface area contributed by atoms with E-state index in [0.717, 1.165) is 36.5 Å². The lowest BCUT2D eigenvalue weighted by atomic mass is 9.72. The second-order valence-corrected chi connectivity index (χ2v) is 10.8. The first-order valence-corrected chi connectivity index (χ1v) is 12.4. The van der Waals surface area contributed by atoms with E-state index in [-0.39, 0.29) is 0 Å². The first-order chi connectivity index (χ1) is 12.7. The number of rotatable bonds is 7. The molecule has 0 heterocycles. The van der Waals surface area contributed by atoms with Crippen LogP contribution < -0.4 is 0 Å². The van der Waals surface area contributed by atoms with Gasteiger partial charge in [0.1, 0.15) is 6.17 Å². The third-order valence-electron chi connectivity index (χ3n) is 8.98. The average Bonchev–Trinajstić information content (AvgIpc) is 3.44. The van der Waals surface area contributed by atoms with Crippen molar-refractivity contribution in [2.75, 3.05) is 0 Å². The quantitative estimate of drug-likeness (QED) is 0.427. The monoisotopic (exact) mass is 362 g/mol. The van der Waals surface area contributed by atoms with Crippen molar-refractivity contribution in [1.29, 1.82) is 0 Å². The molecule has 0 spiro atoms. The highest BCUT2D eigenvalue weighted by Gasteiger charge is 2.48. The lowest BCUT2D eigenvalue weighted by Crippen LogP contribution is -2.24. The van der Waals surface area contributed by atoms with Gasteiger partial charge >= 0.3 is 0 Å². The number of hydrogen-bond acceptors (Lipinski definition) is 0. The number of hydrogen-bond donors (Lipinski definition) is 0. The molecule has 0 aromatic heterocycles. The molecule has 0 nitrogen and oxygen atoms in total. The van der Waals surface area contributed by atoms with Gasteiger partial charge in [-0.1, -0.05) is 64.2 Å². The van der Waals surface area contributed by atoms with Gasteiger partial charge in [-0.3, -0.25) is 0 Å². The first kappa shape index (κ1) is 19.3. The minimum absolute atomic E-state index is 0.481. The highest BCUT2D eigenvalue weighted by molar-refractivity contribution is 4.99. The fraction of sp³-hybridized carbons (Fsp3) is 1.00. The van der Waals surface area contributed by atoms with Gasteiger partial charge < -0.3 is 0 Å². The Morgan fingerprint density at radius 3 is 2.12 bits per heavy atom. The van der Waals surface area contributed by atoms with Crippen molar-refractivity contribution in [3.8, 4) is 0 Å². The van der Waals surface area contributed by atoms with Crippen LogP contribution in [0.15, 0.2) is 0 Å². The highest BCUT2D eigenvalue weighted by atomic mass is 19.1. The van der Waals surface area contributed by atoms with Gasteiger partial charge in [-0.15, -0.1) is 0 Å². The summed E-state index contributed by atoms with van der Waals surface area (Å²) in [7, 11) is 0. The van der Waals surface area contributed by atoms with E-state index in [1.165, 1.54) is 96.3 Å². The molecule has 150 valence electrons. The van der Waals surface area contributed by atoms with Crippen molar-refractivity contribution in [2.45, 2.75) is 128 Å². The number of halogens is 1. The van der Waals surface area contributed by atoms with E-state index in [2.05, 4.69) is 0 Å². The minimum Gasteiger partial charge on any atom is -0.247 e. The summed E-state index contributed by atoms with van der Waals surface area (Å²) >= 11 is 0. The SMILES string of the molecule is FC1CCC(C2(CCCC3CCCC(CC4CCCCC4)C3)CC2)CC1. The van der Waals surface area contributed by atoms with Gasteiger partial charge in [-0.05, 0) is 86.9 Å². The fourth-order valence-corrected chi connectivity index (χ4v) is 7.20. The lowest BCUT2D eigenvalue weighted by Gasteiger charge is -2.34. The van der Waals surface area contributed by atoms with Crippen LogP contribution in [0.2, 0.25) is 0 Å². The summed E-state index contributed by atoms with van der Waals surface area (Å²) in [4.78, 5) is 0. The third-order valence-corrected chi connectivity index (χ3v) is 8.98. The Balaban J connectivity index is 1.16. The molecule has 4 saturated carbocycles. The van der Waals surface area contributed by atoms with Crippen molar-refractivity contribution in [3.63, 3.8) is 0 Å². The molecular weight excluding hydrogens is 319 g/mol. The van der Waals surface area contributed by atoms with Crippen molar-refractivity contribution in [1.82, 2.24) is 0 Å². The summed E-state index contributed by atoms with van der Waals surface area (Å²) < 4.78 is 13.5. The molecule has 0 N–H and O–H groups in total. The molecule has 2 atom stereocenters. The Hall–Kier alpha value is -0.0700. The second kappa shape index (κ2) is 8.95. The Morgan fingerprint density at radius 1 is 0.692 bits per heavy atom. The van der Waals surface area contributed by atoms with Crippen LogP contribution in [0.4, 0.5) is 4.39 Å². The third kappa shape index (κ3) is 5.05. The molecule has 2 unspecified atom stereocenters. The van der Waals surface area contributed by atoms with Gasteiger partial charge in [0.15, 0.2) is 0 Å². The topological polar surface area (TPSA) is 0 Å². The van der Waals surface area contributed by atoms with E-state index >= 15 is 0 Å². The van der Waals surface area contributed by atoms with Crippen LogP contribution in [0.5, 0.6) is 0 Å². The van der Waals surface area contributed by atoms with Crippen molar-refractivity contribution < 1.29 is 4.39 Å². The maximum Gasteiger partial charge on any atom is 0.100 e. The summed E-state index contributed by atoms with van der Waals surface area (Å²) in [5, 5.41) is 0. The van der Waals surface area contributed by atoms with Gasteiger partial charge in [0.2, 0.25) is 0 Å². The summed E-state index contributed by atoms with van der Waals surface area (Å²) in [6, 6.07) is 0. The van der Waals surface area contributed by atoms with E-state index < -0.39 is 6.17 Å². The minimum atomic E-state index is -0.481. The molecule has 0 radical (unpaired) electrons. The molecule has 4 fully saturated rings. The summed E-state index contributed by atoms with van der Waals surface area (Å²) in [5.41, 5.74) is 0.677. The van der Waals surface area contributed by atoms with Gasteiger partial charge in [0.25, 0.3) is 0 Å². The van der Waals surface area contributed by atoms with Gasteiger partial charge in [0.05, 0.1) is 0 Å². The Bertz CT molecular complexity index is 412. The zero-order chi connectivity index (χ0) is 17.8. The predicted molar refractivity (Wildman–Crippen MR) is 109 cm³/mol. The predicted octanol–water partition coefficient (Wildman–Crippen LogP) is 8.24. The van der Waals surface area contributed by atoms with E-state index in [9.17, 15) is 4.39 Å². The van der Waals surface area contributed by atoms with Crippen LogP contribution in [0.1, 0.15) is 122 Å². The molecule has 4 aliphatic rings. The summed E-state index contributed by atoms with van der Waals surface area (Å²) in [6.45, 7) is 0. The second-order valence-electron chi connectivity index (χ2n) is 10.8. The van der Waals surface area contributed by atoms with Crippen molar-refractivity contribution in [2.24, 2.45) is 29.1 Å². The van der Waals surface area contributed by atoms with Gasteiger partial charge in [-0.2, -0.15) is 0 Å². The van der Waals surface area contributed by atoms with E-state index in [1.807, 2.05) is 0 Å². The van der Waals surface area contributed by atoms with Crippen LogP contribution in [0.3, 0.4) is 0 Å². The standard InChI is InChI=1S/C25H43F/c26-24-13-11-23(12-14-24)25(16-17-25)15-5-10-21-8-4-9-22(19-21)18-20-6-2-1-3-7-20/h20-24H,1-19H2. The molecule has 0 amide bonds. The van der Waals surface area contributed by atoms with Crippen LogP contribution >= 0.6 is 0 Å². The molecule has 0 aliphatic heterocycles. The summed E-state index contributed by atoms with van der Waals surface area (Å²) in [5.74, 6) is 4.05. The molecular formula is C25H43F. The van der Waals surface area contributed by atoms with Crippen molar-refractivity contribution in [3.05, 3.63) is 0 Å². The Labute approximate surface area is 162 Å². The molecule has 0 saturated heterocycles. The normalized spacial score (nSPS) is 38.2. The van der Waals surface area contributed by atoms with Gasteiger partial charge in [-0.25, -0.2) is 4.39 Å². The van der Waals surface area contributed by atoms with E-state index in [4.69, 9.17) is 0 Å². The first-order valence-electron chi connectivity index (χ1n) is 12.4. The molecule has 0 aromatic rings. The maximum atomic E-state index is 13.5. The van der Waals surface area contributed by atoms with Crippen LogP contribution in [0.25, 0.3) is 0 Å². The molecule has 0 aromatic carbocycles. The maximum absolute atomic E-state index is 13.5. The van der Waals surface area contributed by atoms with Gasteiger partial charge in [0, 0.05) is 0 Å². The van der Waals surface area contributed by atoms with Crippen LogP contribution in [-0.4, -0.2) is 6.17 Å². The molecule has 1 heteroatoms. The van der Waals surface area contributed by atoms with E-state index in [0.29, 0.717) is 5.41 Å². The van der Waals surface area contributed by atoms with Crippen molar-refractivity contribution >= 4 is 0 Å². The zero-order valence-electron chi connectivity index (χ0n) is 17.2. The van der Waals surface area contributed by atoms with Crippen LogP contribution in [-0.2, 0) is 0 Å². The molecule has 4 rings (SSSR count). The Morgan fingerprint density at radius 2 is 1.38 bits per heavy atom. The molecule has 26 heavy (non-hydrogen) atoms. The highest BCUT2D eigenvalue weighted by Crippen LogP contribution is 2.59. The smallest absolute Gasteiger partial charge is 0.100 e. The Kier molecular flexibility index (Phi) is 6.63. The molecule has 0 bridgehead atoms. The lowest BCUT2D eigenvalue weighted by molar-refractivity contribution is 0.142.